The molecular weight excluding hydrogens is 312 g/mol. The number of hydrogen-bond donors (Lipinski definition) is 1. The van der Waals surface area contributed by atoms with Crippen molar-refractivity contribution in [3.8, 4) is 0 Å². The summed E-state index contributed by atoms with van der Waals surface area (Å²) in [7, 11) is 0. The van der Waals surface area contributed by atoms with Gasteiger partial charge < -0.3 is 5.73 Å². The number of primary amides is 1. The highest BCUT2D eigenvalue weighted by molar-refractivity contribution is 8.13. The maximum atomic E-state index is 10.6. The highest BCUT2D eigenvalue weighted by Gasteiger charge is 2.34. The summed E-state index contributed by atoms with van der Waals surface area (Å²) in [6.07, 6.45) is 1.00. The molecule has 16 heavy (non-hydrogen) atoms. The van der Waals surface area contributed by atoms with Crippen LogP contribution in [0.15, 0.2) is 0 Å². The number of rotatable bonds is 5. The lowest BCUT2D eigenvalue weighted by molar-refractivity contribution is 0.267. The first-order valence-corrected chi connectivity index (χ1v) is 7.23. The summed E-state index contributed by atoms with van der Waals surface area (Å²) in [5, 5.41) is -0.656. The lowest BCUT2D eigenvalue weighted by Crippen LogP contribution is -2.29. The quantitative estimate of drug-likeness (QED) is 0.751. The molecule has 7 heteroatoms. The molecule has 0 bridgehead atoms. The van der Waals surface area contributed by atoms with Crippen molar-refractivity contribution >= 4 is 63.4 Å². The van der Waals surface area contributed by atoms with E-state index in [4.69, 9.17) is 52.1 Å². The molecule has 1 unspecified atom stereocenters. The van der Waals surface area contributed by atoms with E-state index in [0.717, 1.165) is 18.2 Å². The van der Waals surface area contributed by atoms with Crippen LogP contribution in [0.3, 0.4) is 0 Å². The second-order valence-corrected chi connectivity index (χ2v) is 8.34. The van der Waals surface area contributed by atoms with Gasteiger partial charge in [0.15, 0.2) is 3.79 Å². The van der Waals surface area contributed by atoms with Crippen molar-refractivity contribution < 1.29 is 4.79 Å². The molecule has 0 saturated heterocycles. The Labute approximate surface area is 120 Å². The average molecular weight is 327 g/mol. The van der Waals surface area contributed by atoms with E-state index in [-0.39, 0.29) is 22.5 Å². The Kier molecular flexibility index (Phi) is 7.21. The molecule has 2 nitrogen and oxygen atoms in total. The molecule has 0 heterocycles. The predicted molar refractivity (Wildman–Crippen MR) is 75.0 cm³/mol. The van der Waals surface area contributed by atoms with Crippen LogP contribution in [0.4, 0.5) is 4.79 Å². The van der Waals surface area contributed by atoms with E-state index in [1.807, 2.05) is 13.8 Å². The topological polar surface area (TPSA) is 43.1 Å². The van der Waals surface area contributed by atoms with Crippen LogP contribution in [-0.4, -0.2) is 20.2 Å². The lowest BCUT2D eigenvalue weighted by atomic mass is 9.85. The molecule has 1 atom stereocenters. The van der Waals surface area contributed by atoms with E-state index in [0.29, 0.717) is 5.75 Å². The summed E-state index contributed by atoms with van der Waals surface area (Å²) < 4.78 is -1.35. The Hall–Kier alpha value is 0.980. The highest BCUT2D eigenvalue weighted by Crippen LogP contribution is 2.41. The van der Waals surface area contributed by atoms with Gasteiger partial charge in [-0.1, -0.05) is 60.4 Å². The second kappa shape index (κ2) is 6.79. The fourth-order valence-corrected chi connectivity index (χ4v) is 2.92. The Morgan fingerprint density at radius 3 is 2.25 bits per heavy atom. The molecule has 0 aliphatic heterocycles. The van der Waals surface area contributed by atoms with Crippen LogP contribution in [-0.2, 0) is 0 Å². The van der Waals surface area contributed by atoms with Crippen LogP contribution in [0.2, 0.25) is 0 Å². The van der Waals surface area contributed by atoms with Gasteiger partial charge >= 0.3 is 0 Å². The van der Waals surface area contributed by atoms with Gasteiger partial charge in [0, 0.05) is 17.6 Å². The van der Waals surface area contributed by atoms with Crippen molar-refractivity contribution in [1.82, 2.24) is 0 Å². The Morgan fingerprint density at radius 2 is 1.88 bits per heavy atom. The lowest BCUT2D eigenvalue weighted by Gasteiger charge is -2.31. The fraction of sp³-hybridized carbons (Fsp3) is 0.889. The van der Waals surface area contributed by atoms with E-state index >= 15 is 0 Å². The monoisotopic (exact) mass is 325 g/mol. The molecule has 96 valence electrons. The van der Waals surface area contributed by atoms with Crippen molar-refractivity contribution in [3.05, 3.63) is 0 Å². The van der Waals surface area contributed by atoms with Gasteiger partial charge in [0.2, 0.25) is 0 Å². The van der Waals surface area contributed by atoms with Crippen molar-refractivity contribution in [2.24, 2.45) is 11.1 Å². The third-order valence-corrected chi connectivity index (χ3v) is 4.15. The number of hydrogen-bond acceptors (Lipinski definition) is 2. The maximum absolute atomic E-state index is 10.6. The van der Waals surface area contributed by atoms with E-state index in [1.54, 1.807) is 0 Å². The number of nitrogens with two attached hydrogens (primary N) is 1. The molecule has 0 aromatic carbocycles. The van der Waals surface area contributed by atoms with Crippen molar-refractivity contribution in [2.45, 2.75) is 35.9 Å². The first-order chi connectivity index (χ1) is 7.04. The van der Waals surface area contributed by atoms with Crippen LogP contribution in [0.5, 0.6) is 0 Å². The minimum atomic E-state index is -1.35. The molecular formula is C9H15Cl4NOS. The van der Waals surface area contributed by atoms with E-state index < -0.39 is 3.79 Å². The second-order valence-electron chi connectivity index (χ2n) is 4.19. The summed E-state index contributed by atoms with van der Waals surface area (Å²) >= 11 is 24.3. The third kappa shape index (κ3) is 8.13. The molecule has 0 rings (SSSR count). The molecule has 0 saturated carbocycles. The Bertz CT molecular complexity index is 242. The Morgan fingerprint density at radius 1 is 1.38 bits per heavy atom. The smallest absolute Gasteiger partial charge is 0.276 e. The first-order valence-electron chi connectivity index (χ1n) is 4.67. The molecule has 0 aliphatic rings. The highest BCUT2D eigenvalue weighted by atomic mass is 35.6. The molecule has 0 spiro atoms. The van der Waals surface area contributed by atoms with Gasteiger partial charge in [-0.2, -0.15) is 0 Å². The van der Waals surface area contributed by atoms with Gasteiger partial charge in [-0.05, 0) is 11.8 Å². The number of carbonyl (C=O) groups excluding carboxylic acids is 1. The normalized spacial score (nSPS) is 14.9. The van der Waals surface area contributed by atoms with Gasteiger partial charge in [0.25, 0.3) is 5.24 Å². The first kappa shape index (κ1) is 17.0. The third-order valence-electron chi connectivity index (χ3n) is 2.25. The van der Waals surface area contributed by atoms with Crippen LogP contribution in [0.25, 0.3) is 0 Å². The van der Waals surface area contributed by atoms with Gasteiger partial charge in [0.1, 0.15) is 0 Å². The molecule has 0 fully saturated rings. The fourth-order valence-electron chi connectivity index (χ4n) is 1.05. The molecule has 0 aromatic heterocycles. The van der Waals surface area contributed by atoms with Gasteiger partial charge in [0.05, 0.1) is 0 Å². The van der Waals surface area contributed by atoms with Crippen molar-refractivity contribution in [1.29, 1.82) is 0 Å². The van der Waals surface area contributed by atoms with Crippen LogP contribution in [0, 0.1) is 5.41 Å². The van der Waals surface area contributed by atoms with E-state index in [9.17, 15) is 4.79 Å². The molecule has 0 aromatic rings. The number of halogens is 4. The largest absolute Gasteiger partial charge is 0.361 e. The molecule has 0 aliphatic carbocycles. The summed E-state index contributed by atoms with van der Waals surface area (Å²) in [4.78, 5) is 10.6. The average Bonchev–Trinajstić information content (AvgIpc) is 1.99. The van der Waals surface area contributed by atoms with Crippen LogP contribution < -0.4 is 5.73 Å². The predicted octanol–water partition coefficient (Wildman–Crippen LogP) is 4.58. The number of carbonyl (C=O) groups is 1. The van der Waals surface area contributed by atoms with Gasteiger partial charge in [-0.3, -0.25) is 4.79 Å². The van der Waals surface area contributed by atoms with Crippen LogP contribution in [0.1, 0.15) is 26.7 Å². The summed E-state index contributed by atoms with van der Waals surface area (Å²) in [5.41, 5.74) is 4.81. The summed E-state index contributed by atoms with van der Waals surface area (Å²) in [6.45, 7) is 3.95. The van der Waals surface area contributed by atoms with Crippen molar-refractivity contribution in [3.63, 3.8) is 0 Å². The van der Waals surface area contributed by atoms with Gasteiger partial charge in [-0.15, -0.1) is 11.6 Å². The molecule has 1 amide bonds. The zero-order valence-electron chi connectivity index (χ0n) is 9.10. The number of amides is 1. The van der Waals surface area contributed by atoms with E-state index in [2.05, 4.69) is 0 Å². The standard InChI is InChI=1S/C9H15Cl4NOS/c1-8(2,3-4-16-7(14)15)6(10)5-9(11,12)13/h6H,3-5H2,1-2H3,(H2,14,15). The zero-order valence-corrected chi connectivity index (χ0v) is 12.9. The van der Waals surface area contributed by atoms with Gasteiger partial charge in [-0.25, -0.2) is 0 Å². The molecule has 0 radical (unpaired) electrons. The summed E-state index contributed by atoms with van der Waals surface area (Å²) in [5.74, 6) is 0.616. The number of alkyl halides is 4. The maximum Gasteiger partial charge on any atom is 0.276 e. The minimum absolute atomic E-state index is 0.214. The Balaban J connectivity index is 4.15. The van der Waals surface area contributed by atoms with Crippen LogP contribution >= 0.6 is 58.2 Å². The number of thioether (sulfide) groups is 1. The molecule has 2 N–H and O–H groups in total. The zero-order chi connectivity index (χ0) is 13.0. The van der Waals surface area contributed by atoms with E-state index in [1.165, 1.54) is 0 Å². The minimum Gasteiger partial charge on any atom is -0.361 e. The SMILES string of the molecule is CC(C)(CCSC(N)=O)C(Cl)CC(Cl)(Cl)Cl. The van der Waals surface area contributed by atoms with Crippen molar-refractivity contribution in [2.75, 3.05) is 5.75 Å². The summed E-state index contributed by atoms with van der Waals surface area (Å²) in [6, 6.07) is 0.